The number of carbonyl (C=O) groups excluding carboxylic acids is 1. The lowest BCUT2D eigenvalue weighted by atomic mass is 10.1. The number of nitrogens with one attached hydrogen (secondary N) is 1. The Morgan fingerprint density at radius 2 is 1.91 bits per heavy atom. The lowest BCUT2D eigenvalue weighted by Gasteiger charge is -2.16. The van der Waals surface area contributed by atoms with Crippen molar-refractivity contribution in [3.05, 3.63) is 29.8 Å². The third kappa shape index (κ3) is 3.12. The van der Waals surface area contributed by atoms with Crippen LogP contribution in [-0.2, 0) is 14.6 Å². The summed E-state index contributed by atoms with van der Waals surface area (Å²) in [6.07, 6.45) is 0.639. The zero-order valence-electron chi connectivity index (χ0n) is 11.8. The van der Waals surface area contributed by atoms with Crippen molar-refractivity contribution >= 4 is 21.4 Å². The predicted octanol–water partition coefficient (Wildman–Crippen LogP) is 1.02. The molecule has 2 saturated heterocycles. The molecule has 2 atom stereocenters. The molecule has 1 aromatic carbocycles. The largest absolute Gasteiger partial charge is 0.325 e. The average Bonchev–Trinajstić information content (AvgIpc) is 2.89. The number of hydrogen-bond acceptors (Lipinski definition) is 4. The Kier molecular flexibility index (Phi) is 3.90. The van der Waals surface area contributed by atoms with Crippen molar-refractivity contribution in [2.45, 2.75) is 11.7 Å². The smallest absolute Gasteiger partial charge is 0.238 e. The van der Waals surface area contributed by atoms with E-state index in [0.717, 1.165) is 18.2 Å². The molecule has 2 heterocycles. The molecule has 0 saturated carbocycles. The highest BCUT2D eigenvalue weighted by Gasteiger charge is 2.46. The van der Waals surface area contributed by atoms with Crippen LogP contribution in [0, 0.1) is 17.6 Å². The van der Waals surface area contributed by atoms with Crippen molar-refractivity contribution < 1.29 is 22.0 Å². The summed E-state index contributed by atoms with van der Waals surface area (Å²) in [6.45, 7) is 0.924. The van der Waals surface area contributed by atoms with Gasteiger partial charge in [-0.25, -0.2) is 17.2 Å². The lowest BCUT2D eigenvalue weighted by molar-refractivity contribution is -0.117. The number of fused-ring (bicyclic) bond motifs is 1. The van der Waals surface area contributed by atoms with E-state index in [1.54, 1.807) is 4.90 Å². The molecule has 2 fully saturated rings. The number of rotatable bonds is 3. The van der Waals surface area contributed by atoms with E-state index in [0.29, 0.717) is 19.5 Å². The first-order chi connectivity index (χ1) is 10.3. The van der Waals surface area contributed by atoms with Crippen molar-refractivity contribution in [1.82, 2.24) is 4.90 Å². The highest BCUT2D eigenvalue weighted by Crippen LogP contribution is 2.33. The summed E-state index contributed by atoms with van der Waals surface area (Å²) in [6, 6.07) is 2.79. The van der Waals surface area contributed by atoms with E-state index in [1.165, 1.54) is 0 Å². The van der Waals surface area contributed by atoms with Crippen molar-refractivity contribution in [3.63, 3.8) is 0 Å². The van der Waals surface area contributed by atoms with Crippen LogP contribution in [0.4, 0.5) is 14.5 Å². The van der Waals surface area contributed by atoms with Crippen LogP contribution in [0.3, 0.4) is 0 Å². The van der Waals surface area contributed by atoms with Crippen LogP contribution in [0.25, 0.3) is 0 Å². The van der Waals surface area contributed by atoms with Crippen molar-refractivity contribution in [3.8, 4) is 0 Å². The topological polar surface area (TPSA) is 66.5 Å². The van der Waals surface area contributed by atoms with Crippen molar-refractivity contribution in [2.75, 3.05) is 30.7 Å². The van der Waals surface area contributed by atoms with Gasteiger partial charge in [0, 0.05) is 24.8 Å². The number of halogens is 2. The van der Waals surface area contributed by atoms with Gasteiger partial charge in [0.25, 0.3) is 0 Å². The number of likely N-dealkylation sites (tertiary alicyclic amines) is 1. The molecule has 0 aliphatic carbocycles. The van der Waals surface area contributed by atoms with E-state index < -0.39 is 27.4 Å². The third-order valence-electron chi connectivity index (χ3n) is 4.20. The third-order valence-corrected chi connectivity index (χ3v) is 6.47. The van der Waals surface area contributed by atoms with Crippen LogP contribution in [0.1, 0.15) is 6.42 Å². The minimum absolute atomic E-state index is 0.0145. The molecule has 1 N–H and O–H groups in total. The Morgan fingerprint density at radius 1 is 1.23 bits per heavy atom. The fourth-order valence-electron chi connectivity index (χ4n) is 3.24. The SMILES string of the molecule is O=C(CN1C[C@@H]2CCS(=O)(=O)[C@@H]2C1)Nc1cc(F)cc(F)c1. The average molecular weight is 330 g/mol. The molecular formula is C14H16F2N2O3S. The van der Waals surface area contributed by atoms with Gasteiger partial charge in [-0.2, -0.15) is 0 Å². The molecule has 8 heteroatoms. The summed E-state index contributed by atoms with van der Waals surface area (Å²) in [5.74, 6) is -1.63. The van der Waals surface area contributed by atoms with Crippen molar-refractivity contribution in [2.24, 2.45) is 5.92 Å². The van der Waals surface area contributed by atoms with Crippen LogP contribution < -0.4 is 5.32 Å². The lowest BCUT2D eigenvalue weighted by Crippen LogP contribution is -2.33. The molecule has 120 valence electrons. The summed E-state index contributed by atoms with van der Waals surface area (Å²) < 4.78 is 49.8. The molecule has 3 rings (SSSR count). The molecule has 0 bridgehead atoms. The van der Waals surface area contributed by atoms with E-state index in [1.807, 2.05) is 0 Å². The number of nitrogens with zero attached hydrogens (tertiary/aromatic N) is 1. The van der Waals surface area contributed by atoms with E-state index >= 15 is 0 Å². The zero-order valence-corrected chi connectivity index (χ0v) is 12.6. The van der Waals surface area contributed by atoms with Gasteiger partial charge in [0.2, 0.25) is 5.91 Å². The van der Waals surface area contributed by atoms with E-state index in [2.05, 4.69) is 5.32 Å². The minimum atomic E-state index is -3.04. The monoisotopic (exact) mass is 330 g/mol. The Labute approximate surface area is 127 Å². The Hall–Kier alpha value is -1.54. The first kappa shape index (κ1) is 15.4. The molecule has 2 aliphatic heterocycles. The van der Waals surface area contributed by atoms with Gasteiger partial charge in [-0.1, -0.05) is 0 Å². The molecule has 1 aromatic rings. The predicted molar refractivity (Wildman–Crippen MR) is 77.1 cm³/mol. The molecule has 0 aromatic heterocycles. The normalized spacial score (nSPS) is 26.8. The number of sulfone groups is 1. The first-order valence-electron chi connectivity index (χ1n) is 7.03. The van der Waals surface area contributed by atoms with Crippen LogP contribution in [0.15, 0.2) is 18.2 Å². The maximum absolute atomic E-state index is 13.1. The van der Waals surface area contributed by atoms with Gasteiger partial charge in [0.15, 0.2) is 9.84 Å². The summed E-state index contributed by atoms with van der Waals surface area (Å²) in [4.78, 5) is 13.7. The Morgan fingerprint density at radius 3 is 2.55 bits per heavy atom. The highest BCUT2D eigenvalue weighted by molar-refractivity contribution is 7.92. The van der Waals surface area contributed by atoms with Crippen LogP contribution in [0.5, 0.6) is 0 Å². The zero-order chi connectivity index (χ0) is 15.9. The molecule has 5 nitrogen and oxygen atoms in total. The Balaban J connectivity index is 1.59. The molecular weight excluding hydrogens is 314 g/mol. The standard InChI is InChI=1S/C14H16F2N2O3S/c15-10-3-11(16)5-12(4-10)17-14(19)8-18-6-9-1-2-22(20,21)13(9)7-18/h3-5,9,13H,1-2,6-8H2,(H,17,19)/t9-,13+/m0/s1. The summed E-state index contributed by atoms with van der Waals surface area (Å²) in [5, 5.41) is 2.04. The van der Waals surface area contributed by atoms with Gasteiger partial charge in [0.05, 0.1) is 17.5 Å². The second-order valence-corrected chi connectivity index (χ2v) is 8.19. The summed E-state index contributed by atoms with van der Waals surface area (Å²) in [7, 11) is -3.04. The van der Waals surface area contributed by atoms with Crippen LogP contribution >= 0.6 is 0 Å². The number of carbonyl (C=O) groups is 1. The van der Waals surface area contributed by atoms with Gasteiger partial charge in [0.1, 0.15) is 11.6 Å². The maximum atomic E-state index is 13.1. The molecule has 0 radical (unpaired) electrons. The minimum Gasteiger partial charge on any atom is -0.325 e. The number of amides is 1. The van der Waals surface area contributed by atoms with Crippen LogP contribution in [-0.4, -0.2) is 49.9 Å². The van der Waals surface area contributed by atoms with Gasteiger partial charge in [-0.3, -0.25) is 9.69 Å². The quantitative estimate of drug-likeness (QED) is 0.899. The first-order valence-corrected chi connectivity index (χ1v) is 8.75. The molecule has 2 aliphatic rings. The molecule has 0 unspecified atom stereocenters. The van der Waals surface area contributed by atoms with Gasteiger partial charge >= 0.3 is 0 Å². The second kappa shape index (κ2) is 5.58. The Bertz CT molecular complexity index is 688. The fourth-order valence-corrected chi connectivity index (χ4v) is 5.42. The number of anilines is 1. The van der Waals surface area contributed by atoms with Gasteiger partial charge in [-0.05, 0) is 24.5 Å². The van der Waals surface area contributed by atoms with Crippen molar-refractivity contribution in [1.29, 1.82) is 0 Å². The number of benzene rings is 1. The van der Waals surface area contributed by atoms with E-state index in [-0.39, 0.29) is 29.2 Å². The summed E-state index contributed by atoms with van der Waals surface area (Å²) in [5.41, 5.74) is 0.0505. The van der Waals surface area contributed by atoms with Gasteiger partial charge in [-0.15, -0.1) is 0 Å². The second-order valence-electron chi connectivity index (χ2n) is 5.85. The summed E-state index contributed by atoms with van der Waals surface area (Å²) >= 11 is 0. The fraction of sp³-hybridized carbons (Fsp3) is 0.500. The van der Waals surface area contributed by atoms with E-state index in [9.17, 15) is 22.0 Å². The van der Waals surface area contributed by atoms with E-state index in [4.69, 9.17) is 0 Å². The molecule has 1 amide bonds. The number of hydrogen-bond donors (Lipinski definition) is 1. The molecule has 22 heavy (non-hydrogen) atoms. The maximum Gasteiger partial charge on any atom is 0.238 e. The molecule has 0 spiro atoms. The van der Waals surface area contributed by atoms with Crippen LogP contribution in [0.2, 0.25) is 0 Å². The van der Waals surface area contributed by atoms with Gasteiger partial charge < -0.3 is 5.32 Å². The highest BCUT2D eigenvalue weighted by atomic mass is 32.2.